The third kappa shape index (κ3) is 1.48. The number of nitrogens with zero attached hydrogens (tertiary/aromatic N) is 2. The second-order valence-corrected chi connectivity index (χ2v) is 7.93. The van der Waals surface area contributed by atoms with Crippen molar-refractivity contribution >= 4 is 15.9 Å². The first-order valence-electron chi connectivity index (χ1n) is 6.71. The Labute approximate surface area is 129 Å². The zero-order valence-electron chi connectivity index (χ0n) is 12.8. The first-order chi connectivity index (χ1) is 9.04. The number of nitriles is 2. The number of fused-ring (bicyclic) bond motifs is 1. The Kier molecular flexibility index (Phi) is 3.08. The highest BCUT2D eigenvalue weighted by Crippen LogP contribution is 2.63. The van der Waals surface area contributed by atoms with Crippen molar-refractivity contribution in [2.24, 2.45) is 5.41 Å². The summed E-state index contributed by atoms with van der Waals surface area (Å²) in [5.41, 5.74) is 3.13. The average molecular weight is 331 g/mol. The van der Waals surface area contributed by atoms with Gasteiger partial charge in [0, 0.05) is 4.47 Å². The molecule has 0 bridgehead atoms. The number of rotatable bonds is 0. The predicted octanol–water partition coefficient (Wildman–Crippen LogP) is 4.79. The fourth-order valence-corrected chi connectivity index (χ4v) is 4.39. The van der Waals surface area contributed by atoms with E-state index in [0.717, 1.165) is 4.47 Å². The molecule has 0 N–H and O–H groups in total. The molecule has 3 heteroatoms. The van der Waals surface area contributed by atoms with Gasteiger partial charge in [-0.3, -0.25) is 0 Å². The van der Waals surface area contributed by atoms with Crippen LogP contribution < -0.4 is 0 Å². The molecule has 20 heavy (non-hydrogen) atoms. The lowest BCUT2D eigenvalue weighted by Crippen LogP contribution is -2.42. The lowest BCUT2D eigenvalue weighted by atomic mass is 9.59. The summed E-state index contributed by atoms with van der Waals surface area (Å²) in [6.07, 6.45) is 0. The normalized spacial score (nSPS) is 20.9. The largest absolute Gasteiger partial charge is 0.192 e. The fraction of sp³-hybridized carbons (Fsp3) is 0.529. The standard InChI is InChI=1S/C17H19BrN2/c1-15(2)12-7-10(8-19)11(9-20)14(18)13(12)16(3,4)17(15,5)6/h7H,1-6H3. The molecule has 0 amide bonds. The number of halogens is 1. The SMILES string of the molecule is CC1(C)c2cc(C#N)c(C#N)c(Br)c2C(C)(C)C1(C)C. The van der Waals surface area contributed by atoms with Gasteiger partial charge in [0.25, 0.3) is 0 Å². The molecule has 0 spiro atoms. The maximum atomic E-state index is 9.36. The van der Waals surface area contributed by atoms with Crippen LogP contribution in [-0.4, -0.2) is 0 Å². The highest BCUT2D eigenvalue weighted by atomic mass is 79.9. The van der Waals surface area contributed by atoms with Gasteiger partial charge < -0.3 is 0 Å². The van der Waals surface area contributed by atoms with Crippen LogP contribution >= 0.6 is 15.9 Å². The molecule has 104 valence electrons. The molecule has 0 aromatic heterocycles. The first-order valence-corrected chi connectivity index (χ1v) is 7.51. The van der Waals surface area contributed by atoms with Gasteiger partial charge in [0.05, 0.1) is 11.1 Å². The molecule has 0 saturated carbocycles. The van der Waals surface area contributed by atoms with Crippen molar-refractivity contribution in [2.45, 2.75) is 52.4 Å². The molecule has 1 aromatic carbocycles. The summed E-state index contributed by atoms with van der Waals surface area (Å²) in [6.45, 7) is 13.4. The van der Waals surface area contributed by atoms with Gasteiger partial charge in [-0.15, -0.1) is 0 Å². The van der Waals surface area contributed by atoms with E-state index in [1.807, 2.05) is 6.07 Å². The average Bonchev–Trinajstić information content (AvgIpc) is 2.45. The van der Waals surface area contributed by atoms with Gasteiger partial charge in [-0.2, -0.15) is 10.5 Å². The minimum Gasteiger partial charge on any atom is -0.192 e. The maximum Gasteiger partial charge on any atom is 0.102 e. The van der Waals surface area contributed by atoms with Crippen molar-refractivity contribution in [3.8, 4) is 12.1 Å². The van der Waals surface area contributed by atoms with Crippen LogP contribution in [0.1, 0.15) is 63.8 Å². The zero-order chi connectivity index (χ0) is 15.5. The summed E-state index contributed by atoms with van der Waals surface area (Å²) in [7, 11) is 0. The maximum absolute atomic E-state index is 9.36. The number of hydrogen-bond acceptors (Lipinski definition) is 2. The van der Waals surface area contributed by atoms with Crippen LogP contribution in [0.3, 0.4) is 0 Å². The van der Waals surface area contributed by atoms with Gasteiger partial charge in [0.15, 0.2) is 0 Å². The second kappa shape index (κ2) is 4.09. The molecule has 0 radical (unpaired) electrons. The molecule has 2 nitrogen and oxygen atoms in total. The Morgan fingerprint density at radius 2 is 1.50 bits per heavy atom. The van der Waals surface area contributed by atoms with E-state index < -0.39 is 0 Å². The molecule has 0 unspecified atom stereocenters. The smallest absolute Gasteiger partial charge is 0.102 e. The Balaban J connectivity index is 3.00. The second-order valence-electron chi connectivity index (χ2n) is 7.13. The first kappa shape index (κ1) is 15.1. The molecule has 1 aromatic rings. The highest BCUT2D eigenvalue weighted by Gasteiger charge is 2.58. The van der Waals surface area contributed by atoms with E-state index in [1.165, 1.54) is 11.1 Å². The molecule has 0 fully saturated rings. The van der Waals surface area contributed by atoms with Gasteiger partial charge >= 0.3 is 0 Å². The minimum atomic E-state index is -0.0791. The molecule has 0 aliphatic heterocycles. The molecular formula is C17H19BrN2. The fourth-order valence-electron chi connectivity index (χ4n) is 3.38. The van der Waals surface area contributed by atoms with E-state index in [1.54, 1.807) is 0 Å². The summed E-state index contributed by atoms with van der Waals surface area (Å²) in [5.74, 6) is 0. The molecule has 0 saturated heterocycles. The molecular weight excluding hydrogens is 312 g/mol. The summed E-state index contributed by atoms with van der Waals surface area (Å²) < 4.78 is 0.790. The summed E-state index contributed by atoms with van der Waals surface area (Å²) in [5, 5.41) is 18.7. The van der Waals surface area contributed by atoms with Gasteiger partial charge in [0.2, 0.25) is 0 Å². The monoisotopic (exact) mass is 330 g/mol. The van der Waals surface area contributed by atoms with Gasteiger partial charge in [-0.25, -0.2) is 0 Å². The lowest BCUT2D eigenvalue weighted by Gasteiger charge is -2.44. The molecule has 2 rings (SSSR count). The lowest BCUT2D eigenvalue weighted by molar-refractivity contribution is 0.124. The predicted molar refractivity (Wildman–Crippen MR) is 83.4 cm³/mol. The van der Waals surface area contributed by atoms with Crippen molar-refractivity contribution in [3.63, 3.8) is 0 Å². The van der Waals surface area contributed by atoms with E-state index >= 15 is 0 Å². The van der Waals surface area contributed by atoms with E-state index in [0.29, 0.717) is 11.1 Å². The Morgan fingerprint density at radius 3 is 1.95 bits per heavy atom. The molecule has 1 aliphatic carbocycles. The van der Waals surface area contributed by atoms with Crippen molar-refractivity contribution < 1.29 is 0 Å². The van der Waals surface area contributed by atoms with Gasteiger partial charge in [-0.1, -0.05) is 41.5 Å². The van der Waals surface area contributed by atoms with E-state index in [-0.39, 0.29) is 16.2 Å². The summed E-state index contributed by atoms with van der Waals surface area (Å²) in [6, 6.07) is 6.24. The van der Waals surface area contributed by atoms with Gasteiger partial charge in [-0.05, 0) is 49.4 Å². The van der Waals surface area contributed by atoms with Crippen LogP contribution in [0.4, 0.5) is 0 Å². The quantitative estimate of drug-likeness (QED) is 0.686. The number of benzene rings is 1. The minimum absolute atomic E-state index is 0.0195. The van der Waals surface area contributed by atoms with Crippen LogP contribution in [0.5, 0.6) is 0 Å². The third-order valence-electron chi connectivity index (χ3n) is 5.92. The Bertz CT molecular complexity index is 682. The Morgan fingerprint density at radius 1 is 0.950 bits per heavy atom. The molecule has 0 atom stereocenters. The van der Waals surface area contributed by atoms with Crippen LogP contribution in [0, 0.1) is 28.1 Å². The van der Waals surface area contributed by atoms with Crippen molar-refractivity contribution in [1.29, 1.82) is 10.5 Å². The Hall–Kier alpha value is -1.32. The number of hydrogen-bond donors (Lipinski definition) is 0. The van der Waals surface area contributed by atoms with Crippen molar-refractivity contribution in [2.75, 3.05) is 0 Å². The highest BCUT2D eigenvalue weighted by molar-refractivity contribution is 9.10. The van der Waals surface area contributed by atoms with E-state index in [4.69, 9.17) is 0 Å². The van der Waals surface area contributed by atoms with Crippen LogP contribution in [0.2, 0.25) is 0 Å². The topological polar surface area (TPSA) is 47.6 Å². The van der Waals surface area contributed by atoms with E-state index in [9.17, 15) is 10.5 Å². The van der Waals surface area contributed by atoms with Crippen molar-refractivity contribution in [3.05, 3.63) is 32.8 Å². The summed E-state index contributed by atoms with van der Waals surface area (Å²) >= 11 is 3.59. The van der Waals surface area contributed by atoms with E-state index in [2.05, 4.69) is 69.6 Å². The third-order valence-corrected chi connectivity index (χ3v) is 6.71. The molecule has 0 heterocycles. The molecule has 1 aliphatic rings. The van der Waals surface area contributed by atoms with Gasteiger partial charge in [0.1, 0.15) is 12.1 Å². The van der Waals surface area contributed by atoms with Crippen molar-refractivity contribution in [1.82, 2.24) is 0 Å². The van der Waals surface area contributed by atoms with Crippen LogP contribution in [0.25, 0.3) is 0 Å². The van der Waals surface area contributed by atoms with Crippen LogP contribution in [-0.2, 0) is 10.8 Å². The van der Waals surface area contributed by atoms with Crippen LogP contribution in [0.15, 0.2) is 10.5 Å². The summed E-state index contributed by atoms with van der Waals surface area (Å²) in [4.78, 5) is 0. The zero-order valence-corrected chi connectivity index (χ0v) is 14.4.